The lowest BCUT2D eigenvalue weighted by atomic mass is 10.2. The number of para-hydroxylation sites is 1. The number of ether oxygens (including phenoxy) is 1. The highest BCUT2D eigenvalue weighted by molar-refractivity contribution is 5.92. The van der Waals surface area contributed by atoms with Gasteiger partial charge in [-0.05, 0) is 36.4 Å². The van der Waals surface area contributed by atoms with Gasteiger partial charge < -0.3 is 20.3 Å². The summed E-state index contributed by atoms with van der Waals surface area (Å²) in [6, 6.07) is 10.2. The lowest BCUT2D eigenvalue weighted by molar-refractivity contribution is -0.138. The van der Waals surface area contributed by atoms with Crippen molar-refractivity contribution in [2.45, 2.75) is 6.18 Å². The Morgan fingerprint density at radius 2 is 1.70 bits per heavy atom. The van der Waals surface area contributed by atoms with Crippen molar-refractivity contribution < 1.29 is 27.5 Å². The van der Waals surface area contributed by atoms with Crippen LogP contribution in [-0.4, -0.2) is 37.5 Å². The second-order valence-electron chi connectivity index (χ2n) is 5.58. The molecule has 0 aromatic heterocycles. The van der Waals surface area contributed by atoms with Crippen LogP contribution in [0.1, 0.15) is 5.56 Å². The molecule has 2 N–H and O–H groups in total. The van der Waals surface area contributed by atoms with E-state index in [1.165, 1.54) is 61.5 Å². The number of halogens is 3. The topological polar surface area (TPSA) is 70.7 Å². The van der Waals surface area contributed by atoms with E-state index in [1.54, 1.807) is 0 Å². The van der Waals surface area contributed by atoms with Crippen molar-refractivity contribution in [1.29, 1.82) is 0 Å². The first-order chi connectivity index (χ1) is 12.7. The molecule has 0 unspecified atom stereocenters. The molecular weight excluding hydrogens is 363 g/mol. The first kappa shape index (κ1) is 20.1. The second-order valence-corrected chi connectivity index (χ2v) is 5.58. The van der Waals surface area contributed by atoms with Gasteiger partial charge in [0.1, 0.15) is 18.0 Å². The van der Waals surface area contributed by atoms with E-state index in [2.05, 4.69) is 10.6 Å². The molecule has 0 fully saturated rings. The third-order valence-corrected chi connectivity index (χ3v) is 3.53. The Morgan fingerprint density at radius 1 is 1.07 bits per heavy atom. The van der Waals surface area contributed by atoms with E-state index in [0.29, 0.717) is 5.69 Å². The molecule has 0 saturated carbocycles. The molecule has 144 valence electrons. The number of carbonyl (C=O) groups excluding carboxylic acids is 2. The molecule has 0 aliphatic rings. The quantitative estimate of drug-likeness (QED) is 0.830. The van der Waals surface area contributed by atoms with Crippen LogP contribution in [0.5, 0.6) is 11.5 Å². The number of benzene rings is 2. The summed E-state index contributed by atoms with van der Waals surface area (Å²) in [6.45, 7) is -0.113. The van der Waals surface area contributed by atoms with Crippen molar-refractivity contribution >= 4 is 17.6 Å². The molecule has 2 rings (SSSR count). The number of alkyl halides is 3. The molecule has 0 spiro atoms. The normalized spacial score (nSPS) is 10.9. The fraction of sp³-hybridized carbons (Fsp3) is 0.222. The van der Waals surface area contributed by atoms with Crippen molar-refractivity contribution in [3.05, 3.63) is 54.1 Å². The Morgan fingerprint density at radius 3 is 2.30 bits per heavy atom. The number of nitrogens with one attached hydrogen (secondary N) is 2. The lowest BCUT2D eigenvalue weighted by Gasteiger charge is -2.17. The summed E-state index contributed by atoms with van der Waals surface area (Å²) in [5, 5.41) is 4.97. The van der Waals surface area contributed by atoms with E-state index in [4.69, 9.17) is 4.74 Å². The Hall–Kier alpha value is -3.23. The van der Waals surface area contributed by atoms with Gasteiger partial charge >= 0.3 is 12.2 Å². The number of hydrogen-bond donors (Lipinski definition) is 2. The maximum Gasteiger partial charge on any atom is 0.419 e. The Bertz CT molecular complexity index is 807. The monoisotopic (exact) mass is 381 g/mol. The van der Waals surface area contributed by atoms with Gasteiger partial charge in [0.2, 0.25) is 5.91 Å². The highest BCUT2D eigenvalue weighted by atomic mass is 19.4. The smallest absolute Gasteiger partial charge is 0.419 e. The van der Waals surface area contributed by atoms with Crippen molar-refractivity contribution in [2.24, 2.45) is 0 Å². The van der Waals surface area contributed by atoms with Crippen molar-refractivity contribution in [3.63, 3.8) is 0 Å². The van der Waals surface area contributed by atoms with Gasteiger partial charge in [-0.15, -0.1) is 0 Å². The van der Waals surface area contributed by atoms with Crippen LogP contribution in [0.4, 0.5) is 23.7 Å². The van der Waals surface area contributed by atoms with E-state index in [0.717, 1.165) is 6.07 Å². The van der Waals surface area contributed by atoms with Crippen LogP contribution in [0, 0.1) is 0 Å². The SMILES string of the molecule is CNC(=O)CN(C)C(=O)Nc1ccc(Oc2ccccc2C(F)(F)F)cc1. The highest BCUT2D eigenvalue weighted by Crippen LogP contribution is 2.37. The van der Waals surface area contributed by atoms with E-state index in [-0.39, 0.29) is 24.0 Å². The Labute approximate surface area is 153 Å². The molecule has 0 bridgehead atoms. The summed E-state index contributed by atoms with van der Waals surface area (Å²) in [6.07, 6.45) is -4.53. The molecule has 0 radical (unpaired) electrons. The van der Waals surface area contributed by atoms with Crippen LogP contribution in [0.15, 0.2) is 48.5 Å². The van der Waals surface area contributed by atoms with Crippen LogP contribution in [0.2, 0.25) is 0 Å². The molecule has 0 saturated heterocycles. The summed E-state index contributed by atoms with van der Waals surface area (Å²) >= 11 is 0. The fourth-order valence-electron chi connectivity index (χ4n) is 2.11. The molecule has 0 heterocycles. The summed E-state index contributed by atoms with van der Waals surface area (Å²) < 4.78 is 44.3. The summed E-state index contributed by atoms with van der Waals surface area (Å²) in [4.78, 5) is 24.4. The van der Waals surface area contributed by atoms with E-state index >= 15 is 0 Å². The zero-order valence-electron chi connectivity index (χ0n) is 14.6. The van der Waals surface area contributed by atoms with Gasteiger partial charge in [0.15, 0.2) is 0 Å². The number of carbonyl (C=O) groups is 2. The molecule has 9 heteroatoms. The fourth-order valence-corrected chi connectivity index (χ4v) is 2.11. The molecule has 2 aromatic carbocycles. The summed E-state index contributed by atoms with van der Waals surface area (Å²) in [5.74, 6) is -0.449. The van der Waals surface area contributed by atoms with Crippen molar-refractivity contribution in [2.75, 3.05) is 26.0 Å². The summed E-state index contributed by atoms with van der Waals surface area (Å²) in [5.41, 5.74) is -0.474. The number of anilines is 1. The number of likely N-dealkylation sites (N-methyl/N-ethyl adjacent to an activating group) is 2. The first-order valence-corrected chi connectivity index (χ1v) is 7.87. The van der Waals surface area contributed by atoms with Crippen LogP contribution in [0.25, 0.3) is 0 Å². The molecule has 0 aliphatic carbocycles. The van der Waals surface area contributed by atoms with E-state index in [9.17, 15) is 22.8 Å². The Kier molecular flexibility index (Phi) is 6.27. The number of amides is 3. The summed E-state index contributed by atoms with van der Waals surface area (Å²) in [7, 11) is 2.92. The van der Waals surface area contributed by atoms with Gasteiger partial charge in [0.25, 0.3) is 0 Å². The van der Waals surface area contributed by atoms with Crippen molar-refractivity contribution in [3.8, 4) is 11.5 Å². The Balaban J connectivity index is 2.04. The standard InChI is InChI=1S/C18H18F3N3O3/c1-22-16(25)11-24(2)17(26)23-12-7-9-13(10-8-12)27-15-6-4-3-5-14(15)18(19,20)21/h3-10H,11H2,1-2H3,(H,22,25)(H,23,26). The molecule has 0 aliphatic heterocycles. The van der Waals surface area contributed by atoms with Gasteiger partial charge in [-0.3, -0.25) is 4.79 Å². The first-order valence-electron chi connectivity index (χ1n) is 7.87. The average molecular weight is 381 g/mol. The van der Waals surface area contributed by atoms with Crippen LogP contribution in [0.3, 0.4) is 0 Å². The zero-order valence-corrected chi connectivity index (χ0v) is 14.6. The average Bonchev–Trinajstić information content (AvgIpc) is 2.62. The largest absolute Gasteiger partial charge is 0.457 e. The van der Waals surface area contributed by atoms with Gasteiger partial charge in [0.05, 0.1) is 5.56 Å². The molecule has 3 amide bonds. The second kappa shape index (κ2) is 8.43. The lowest BCUT2D eigenvalue weighted by Crippen LogP contribution is -2.39. The predicted octanol–water partition coefficient (Wildman–Crippen LogP) is 3.71. The third-order valence-electron chi connectivity index (χ3n) is 3.53. The zero-order chi connectivity index (χ0) is 20.0. The minimum Gasteiger partial charge on any atom is -0.457 e. The molecule has 27 heavy (non-hydrogen) atoms. The van der Waals surface area contributed by atoms with Gasteiger partial charge in [0, 0.05) is 19.8 Å². The van der Waals surface area contributed by atoms with Gasteiger partial charge in [-0.2, -0.15) is 13.2 Å². The predicted molar refractivity (Wildman–Crippen MR) is 93.7 cm³/mol. The van der Waals surface area contributed by atoms with E-state index in [1.807, 2.05) is 0 Å². The molecule has 6 nitrogen and oxygen atoms in total. The third kappa shape index (κ3) is 5.63. The maximum atomic E-state index is 13.0. The number of urea groups is 1. The van der Waals surface area contributed by atoms with Crippen molar-refractivity contribution in [1.82, 2.24) is 10.2 Å². The van der Waals surface area contributed by atoms with Crippen LogP contribution < -0.4 is 15.4 Å². The van der Waals surface area contributed by atoms with Gasteiger partial charge in [-0.1, -0.05) is 12.1 Å². The van der Waals surface area contributed by atoms with Gasteiger partial charge in [-0.25, -0.2) is 4.79 Å². The number of nitrogens with zero attached hydrogens (tertiary/aromatic N) is 1. The number of hydrogen-bond acceptors (Lipinski definition) is 3. The minimum atomic E-state index is -4.53. The molecule has 0 atom stereocenters. The minimum absolute atomic E-state index is 0.113. The highest BCUT2D eigenvalue weighted by Gasteiger charge is 2.34. The van der Waals surface area contributed by atoms with E-state index < -0.39 is 17.8 Å². The van der Waals surface area contributed by atoms with Crippen LogP contribution in [-0.2, 0) is 11.0 Å². The van der Waals surface area contributed by atoms with Crippen LogP contribution >= 0.6 is 0 Å². The molecule has 2 aromatic rings. The maximum absolute atomic E-state index is 13.0. The molecular formula is C18H18F3N3O3. The number of rotatable bonds is 5.